The minimum absolute atomic E-state index is 0.0506. The summed E-state index contributed by atoms with van der Waals surface area (Å²) in [7, 11) is -4.02. The molecule has 0 aliphatic rings. The van der Waals surface area contributed by atoms with Gasteiger partial charge in [-0.3, -0.25) is 9.78 Å². The fourth-order valence-electron chi connectivity index (χ4n) is 1.70. The molecule has 2 aromatic rings. The van der Waals surface area contributed by atoms with Crippen LogP contribution < -0.4 is 10.0 Å². The Morgan fingerprint density at radius 3 is 2.61 bits per heavy atom. The molecule has 0 bridgehead atoms. The van der Waals surface area contributed by atoms with Gasteiger partial charge < -0.3 is 5.32 Å². The van der Waals surface area contributed by atoms with E-state index in [4.69, 9.17) is 23.2 Å². The van der Waals surface area contributed by atoms with E-state index in [2.05, 4.69) is 10.3 Å². The lowest BCUT2D eigenvalue weighted by molar-refractivity contribution is -0.119. The lowest BCUT2D eigenvalue weighted by atomic mass is 10.3. The van der Waals surface area contributed by atoms with E-state index >= 15 is 0 Å². The summed E-state index contributed by atoms with van der Waals surface area (Å²) in [6, 6.07) is 6.27. The summed E-state index contributed by atoms with van der Waals surface area (Å²) in [6.45, 7) is 1.56. The summed E-state index contributed by atoms with van der Waals surface area (Å²) in [5.74, 6) is -0.602. The van der Waals surface area contributed by atoms with E-state index < -0.39 is 15.9 Å². The quantitative estimate of drug-likeness (QED) is 0.838. The van der Waals surface area contributed by atoms with Crippen molar-refractivity contribution in [2.45, 2.75) is 18.2 Å². The van der Waals surface area contributed by atoms with Crippen molar-refractivity contribution in [2.24, 2.45) is 0 Å². The van der Waals surface area contributed by atoms with Crippen LogP contribution >= 0.6 is 23.2 Å². The lowest BCUT2D eigenvalue weighted by Crippen LogP contribution is -2.30. The molecule has 0 radical (unpaired) electrons. The van der Waals surface area contributed by atoms with Crippen LogP contribution in [0.1, 0.15) is 13.3 Å². The number of amides is 1. The van der Waals surface area contributed by atoms with Gasteiger partial charge in [-0.1, -0.05) is 30.1 Å². The van der Waals surface area contributed by atoms with Crippen LogP contribution in [0.25, 0.3) is 0 Å². The fraction of sp³-hybridized carbons (Fsp3) is 0.143. The zero-order valence-electron chi connectivity index (χ0n) is 12.0. The molecule has 2 N–H and O–H groups in total. The Bertz CT molecular complexity index is 841. The third kappa shape index (κ3) is 4.34. The lowest BCUT2D eigenvalue weighted by Gasteiger charge is -2.13. The number of carbonyl (C=O) groups is 1. The molecular formula is C14H13Cl2N3O3S. The van der Waals surface area contributed by atoms with Gasteiger partial charge in [0.25, 0.3) is 10.0 Å². The van der Waals surface area contributed by atoms with Crippen molar-refractivity contribution in [2.75, 3.05) is 5.32 Å². The first-order chi connectivity index (χ1) is 10.8. The van der Waals surface area contributed by atoms with Crippen molar-refractivity contribution in [1.29, 1.82) is 0 Å². The van der Waals surface area contributed by atoms with Gasteiger partial charge in [0.1, 0.15) is 4.90 Å². The number of hydrogen-bond donors (Lipinski definition) is 2. The maximum absolute atomic E-state index is 12.3. The third-order valence-electron chi connectivity index (χ3n) is 2.84. The van der Waals surface area contributed by atoms with Gasteiger partial charge in [-0.25, -0.2) is 13.1 Å². The molecule has 2 rings (SSSR count). The van der Waals surface area contributed by atoms with Crippen LogP contribution in [0, 0.1) is 0 Å². The molecule has 0 fully saturated rings. The molecule has 0 aliphatic carbocycles. The molecule has 1 heterocycles. The van der Waals surface area contributed by atoms with Crippen LogP contribution in [0.3, 0.4) is 0 Å². The first kappa shape index (κ1) is 17.5. The van der Waals surface area contributed by atoms with Gasteiger partial charge in [0.15, 0.2) is 0 Å². The molecule has 0 saturated carbocycles. The van der Waals surface area contributed by atoms with E-state index in [1.807, 2.05) is 4.72 Å². The van der Waals surface area contributed by atoms with Gasteiger partial charge >= 0.3 is 0 Å². The number of aromatic nitrogens is 1. The number of pyridine rings is 1. The molecule has 1 aromatic heterocycles. The van der Waals surface area contributed by atoms with Crippen molar-refractivity contribution < 1.29 is 13.2 Å². The number of nitrogens with one attached hydrogen (secondary N) is 2. The molecule has 0 saturated heterocycles. The Hall–Kier alpha value is -1.83. The zero-order valence-corrected chi connectivity index (χ0v) is 14.3. The Kier molecular flexibility index (Phi) is 5.46. The molecule has 1 aromatic carbocycles. The highest BCUT2D eigenvalue weighted by molar-refractivity contribution is 7.90. The Morgan fingerprint density at radius 1 is 1.22 bits per heavy atom. The van der Waals surface area contributed by atoms with Crippen LogP contribution in [-0.4, -0.2) is 19.3 Å². The minimum atomic E-state index is -4.02. The van der Waals surface area contributed by atoms with Gasteiger partial charge in [-0.2, -0.15) is 0 Å². The van der Waals surface area contributed by atoms with Crippen LogP contribution in [0.2, 0.25) is 10.0 Å². The van der Waals surface area contributed by atoms with E-state index in [0.29, 0.717) is 15.7 Å². The van der Waals surface area contributed by atoms with Gasteiger partial charge in [0.2, 0.25) is 5.91 Å². The second-order valence-electron chi connectivity index (χ2n) is 4.51. The number of rotatable bonds is 5. The topological polar surface area (TPSA) is 88.2 Å². The highest BCUT2D eigenvalue weighted by Crippen LogP contribution is 2.29. The van der Waals surface area contributed by atoms with Crippen molar-refractivity contribution in [3.63, 3.8) is 0 Å². The van der Waals surface area contributed by atoms with Crippen LogP contribution in [0.5, 0.6) is 0 Å². The summed E-state index contributed by atoms with van der Waals surface area (Å²) in [4.78, 5) is 15.0. The smallest absolute Gasteiger partial charge is 0.267 e. The maximum atomic E-state index is 12.3. The van der Waals surface area contributed by atoms with Gasteiger partial charge in [0, 0.05) is 24.5 Å². The van der Waals surface area contributed by atoms with Crippen LogP contribution in [-0.2, 0) is 14.8 Å². The molecular weight excluding hydrogens is 361 g/mol. The molecule has 122 valence electrons. The predicted molar refractivity (Wildman–Crippen MR) is 89.6 cm³/mol. The first-order valence-corrected chi connectivity index (χ1v) is 8.79. The van der Waals surface area contributed by atoms with Crippen molar-refractivity contribution in [3.05, 3.63) is 46.7 Å². The normalized spacial score (nSPS) is 11.1. The van der Waals surface area contributed by atoms with E-state index in [9.17, 15) is 13.2 Å². The molecule has 0 aliphatic heterocycles. The van der Waals surface area contributed by atoms with E-state index in [1.54, 1.807) is 25.1 Å². The summed E-state index contributed by atoms with van der Waals surface area (Å²) < 4.78 is 26.5. The fourth-order valence-corrected chi connectivity index (χ4v) is 3.16. The molecule has 23 heavy (non-hydrogen) atoms. The molecule has 0 unspecified atom stereocenters. The summed E-state index contributed by atoms with van der Waals surface area (Å²) in [5, 5.41) is 3.64. The van der Waals surface area contributed by atoms with Gasteiger partial charge in [-0.05, 0) is 24.3 Å². The minimum Gasteiger partial charge on any atom is -0.354 e. The highest BCUT2D eigenvalue weighted by Gasteiger charge is 2.21. The SMILES string of the molecule is CCC(=O)NS(=O)(=O)c1cnccc1Nc1ccc(Cl)c(Cl)c1. The average Bonchev–Trinajstić information content (AvgIpc) is 2.51. The van der Waals surface area contributed by atoms with Gasteiger partial charge in [-0.15, -0.1) is 0 Å². The zero-order chi connectivity index (χ0) is 17.0. The Labute approximate surface area is 143 Å². The largest absolute Gasteiger partial charge is 0.354 e. The molecule has 6 nitrogen and oxygen atoms in total. The van der Waals surface area contributed by atoms with Crippen molar-refractivity contribution >= 4 is 50.5 Å². The number of hydrogen-bond acceptors (Lipinski definition) is 5. The third-order valence-corrected chi connectivity index (χ3v) is 4.98. The molecule has 1 amide bonds. The number of carbonyl (C=O) groups excluding carboxylic acids is 1. The summed E-state index contributed by atoms with van der Waals surface area (Å²) in [5.41, 5.74) is 0.804. The predicted octanol–water partition coefficient (Wildman–Crippen LogP) is 3.35. The average molecular weight is 374 g/mol. The van der Waals surface area contributed by atoms with Crippen LogP contribution in [0.4, 0.5) is 11.4 Å². The highest BCUT2D eigenvalue weighted by atomic mass is 35.5. The summed E-state index contributed by atoms with van der Waals surface area (Å²) in [6.07, 6.45) is 2.64. The number of nitrogens with zero attached hydrogens (tertiary/aromatic N) is 1. The standard InChI is InChI=1S/C14H13Cl2N3O3S/c1-2-14(20)19-23(21,22)13-8-17-6-5-12(13)18-9-3-4-10(15)11(16)7-9/h3-8H,2H2,1H3,(H,17,18)(H,19,20). The Balaban J connectivity index is 2.37. The maximum Gasteiger partial charge on any atom is 0.267 e. The first-order valence-electron chi connectivity index (χ1n) is 6.55. The second kappa shape index (κ2) is 7.16. The van der Waals surface area contributed by atoms with Crippen molar-refractivity contribution in [1.82, 2.24) is 9.71 Å². The number of anilines is 2. The van der Waals surface area contributed by atoms with Crippen molar-refractivity contribution in [3.8, 4) is 0 Å². The number of halogens is 2. The van der Waals surface area contributed by atoms with E-state index in [0.717, 1.165) is 6.20 Å². The van der Waals surface area contributed by atoms with Gasteiger partial charge in [0.05, 0.1) is 15.7 Å². The molecule has 9 heteroatoms. The monoisotopic (exact) mass is 373 g/mol. The van der Waals surface area contributed by atoms with E-state index in [1.165, 1.54) is 12.3 Å². The molecule has 0 atom stereocenters. The summed E-state index contributed by atoms with van der Waals surface area (Å²) >= 11 is 11.8. The Morgan fingerprint density at radius 2 is 1.96 bits per heavy atom. The van der Waals surface area contributed by atoms with E-state index in [-0.39, 0.29) is 17.0 Å². The van der Waals surface area contributed by atoms with Crippen LogP contribution in [0.15, 0.2) is 41.6 Å². The number of benzene rings is 1. The second-order valence-corrected chi connectivity index (χ2v) is 6.97. The number of sulfonamides is 1. The molecule has 0 spiro atoms.